The van der Waals surface area contributed by atoms with Gasteiger partial charge in [-0.25, -0.2) is 0 Å². The number of hydrogen-bond donors (Lipinski definition) is 0. The Bertz CT molecular complexity index is 870. The minimum atomic E-state index is -0.0769. The van der Waals surface area contributed by atoms with Crippen LogP contribution >= 0.6 is 0 Å². The number of aromatic nitrogens is 4. The van der Waals surface area contributed by atoms with Crippen LogP contribution in [0.1, 0.15) is 56.5 Å². The van der Waals surface area contributed by atoms with E-state index < -0.39 is 0 Å². The molecule has 0 bridgehead atoms. The Balaban J connectivity index is 1.60. The van der Waals surface area contributed by atoms with Crippen LogP contribution in [0.3, 0.4) is 0 Å². The van der Waals surface area contributed by atoms with Crippen molar-refractivity contribution < 1.29 is 9.53 Å². The molecule has 1 spiro atoms. The fraction of sp³-hybridized carbons (Fsp3) is 0.667. The molecular formula is C21H31N5O2. The van der Waals surface area contributed by atoms with Crippen LogP contribution < -0.4 is 0 Å². The molecule has 4 rings (SSSR count). The molecule has 0 saturated carbocycles. The molecule has 0 aromatic carbocycles. The van der Waals surface area contributed by atoms with Crippen LogP contribution in [0.15, 0.2) is 18.6 Å². The summed E-state index contributed by atoms with van der Waals surface area (Å²) in [6.45, 7) is 10.8. The Kier molecular flexibility index (Phi) is 4.61. The van der Waals surface area contributed by atoms with E-state index in [9.17, 15) is 4.79 Å². The molecule has 2 saturated heterocycles. The lowest BCUT2D eigenvalue weighted by molar-refractivity contribution is -0.168. The van der Waals surface area contributed by atoms with Crippen molar-refractivity contribution in [3.63, 3.8) is 0 Å². The molecule has 152 valence electrons. The van der Waals surface area contributed by atoms with E-state index in [2.05, 4.69) is 37.2 Å². The maximum absolute atomic E-state index is 13.2. The summed E-state index contributed by atoms with van der Waals surface area (Å²) >= 11 is 0. The SMILES string of the molecule is Cc1c(CC(=O)N2CC3(CCOCC3)C2c2cnn(C(C)(C)C)c2)cnn1C. The molecule has 2 aromatic heterocycles. The molecule has 1 unspecified atom stereocenters. The normalized spacial score (nSPS) is 21.8. The first-order valence-corrected chi connectivity index (χ1v) is 10.1. The Morgan fingerprint density at radius 2 is 1.96 bits per heavy atom. The van der Waals surface area contributed by atoms with Crippen molar-refractivity contribution in [1.29, 1.82) is 0 Å². The average molecular weight is 386 g/mol. The van der Waals surface area contributed by atoms with Gasteiger partial charge in [-0.3, -0.25) is 14.2 Å². The highest BCUT2D eigenvalue weighted by Gasteiger charge is 2.55. The minimum Gasteiger partial charge on any atom is -0.381 e. The number of amides is 1. The monoisotopic (exact) mass is 385 g/mol. The van der Waals surface area contributed by atoms with Crippen molar-refractivity contribution >= 4 is 5.91 Å². The first kappa shape index (κ1) is 19.2. The molecule has 2 aliphatic heterocycles. The summed E-state index contributed by atoms with van der Waals surface area (Å²) in [5, 5.41) is 8.88. The Morgan fingerprint density at radius 3 is 2.54 bits per heavy atom. The van der Waals surface area contributed by atoms with Crippen molar-refractivity contribution in [2.75, 3.05) is 19.8 Å². The Labute approximate surface area is 166 Å². The number of nitrogens with zero attached hydrogens (tertiary/aromatic N) is 5. The molecule has 7 nitrogen and oxygen atoms in total. The zero-order valence-corrected chi connectivity index (χ0v) is 17.6. The number of carbonyl (C=O) groups is 1. The van der Waals surface area contributed by atoms with Gasteiger partial charge in [-0.05, 0) is 40.5 Å². The summed E-state index contributed by atoms with van der Waals surface area (Å²) < 4.78 is 9.44. The molecule has 1 amide bonds. The van der Waals surface area contributed by atoms with E-state index in [-0.39, 0.29) is 22.9 Å². The number of ether oxygens (including phenoxy) is 1. The third kappa shape index (κ3) is 3.15. The van der Waals surface area contributed by atoms with Crippen LogP contribution in [-0.2, 0) is 28.5 Å². The zero-order valence-electron chi connectivity index (χ0n) is 17.6. The molecule has 0 radical (unpaired) electrons. The van der Waals surface area contributed by atoms with Gasteiger partial charge in [0.1, 0.15) is 0 Å². The molecule has 0 aliphatic carbocycles. The van der Waals surface area contributed by atoms with Gasteiger partial charge >= 0.3 is 0 Å². The van der Waals surface area contributed by atoms with Gasteiger partial charge in [0, 0.05) is 55.2 Å². The molecule has 1 atom stereocenters. The molecule has 7 heteroatoms. The van der Waals surface area contributed by atoms with Gasteiger partial charge in [-0.1, -0.05) is 0 Å². The third-order valence-corrected chi connectivity index (χ3v) is 6.47. The maximum Gasteiger partial charge on any atom is 0.227 e. The van der Waals surface area contributed by atoms with Gasteiger partial charge < -0.3 is 9.64 Å². The Morgan fingerprint density at radius 1 is 1.25 bits per heavy atom. The molecule has 28 heavy (non-hydrogen) atoms. The fourth-order valence-corrected chi connectivity index (χ4v) is 4.54. The topological polar surface area (TPSA) is 65.2 Å². The third-order valence-electron chi connectivity index (χ3n) is 6.47. The largest absolute Gasteiger partial charge is 0.381 e. The lowest BCUT2D eigenvalue weighted by Crippen LogP contribution is -2.62. The van der Waals surface area contributed by atoms with Crippen LogP contribution in [-0.4, -0.2) is 50.1 Å². The van der Waals surface area contributed by atoms with Crippen LogP contribution in [0.4, 0.5) is 0 Å². The number of hydrogen-bond acceptors (Lipinski definition) is 4. The molecule has 4 heterocycles. The van der Waals surface area contributed by atoms with Gasteiger partial charge in [0.15, 0.2) is 0 Å². The van der Waals surface area contributed by atoms with Crippen LogP contribution in [0.2, 0.25) is 0 Å². The van der Waals surface area contributed by atoms with Gasteiger partial charge in [0.05, 0.1) is 30.4 Å². The van der Waals surface area contributed by atoms with Gasteiger partial charge in [0.2, 0.25) is 5.91 Å². The van der Waals surface area contributed by atoms with Crippen molar-refractivity contribution in [1.82, 2.24) is 24.5 Å². The predicted octanol–water partition coefficient (Wildman–Crippen LogP) is 2.60. The lowest BCUT2D eigenvalue weighted by atomic mass is 9.64. The van der Waals surface area contributed by atoms with Gasteiger partial charge in [-0.2, -0.15) is 10.2 Å². The Hall–Kier alpha value is -2.15. The average Bonchev–Trinajstić information content (AvgIpc) is 3.23. The van der Waals surface area contributed by atoms with E-state index in [1.165, 1.54) is 0 Å². The van der Waals surface area contributed by atoms with Gasteiger partial charge in [0.25, 0.3) is 0 Å². The summed E-state index contributed by atoms with van der Waals surface area (Å²) in [5.41, 5.74) is 3.23. The van der Waals surface area contributed by atoms with E-state index >= 15 is 0 Å². The summed E-state index contributed by atoms with van der Waals surface area (Å²) in [5.74, 6) is 0.168. The summed E-state index contributed by atoms with van der Waals surface area (Å²) in [6.07, 6.45) is 8.26. The lowest BCUT2D eigenvalue weighted by Gasteiger charge is -2.59. The van der Waals surface area contributed by atoms with Crippen molar-refractivity contribution in [2.24, 2.45) is 12.5 Å². The number of rotatable bonds is 3. The molecular weight excluding hydrogens is 354 g/mol. The van der Waals surface area contributed by atoms with E-state index in [4.69, 9.17) is 4.74 Å². The number of carbonyl (C=O) groups excluding carboxylic acids is 1. The zero-order chi connectivity index (χ0) is 20.1. The predicted molar refractivity (Wildman–Crippen MR) is 106 cm³/mol. The summed E-state index contributed by atoms with van der Waals surface area (Å²) in [4.78, 5) is 15.2. The highest BCUT2D eigenvalue weighted by Crippen LogP contribution is 2.54. The molecule has 2 aromatic rings. The van der Waals surface area contributed by atoms with E-state index in [1.807, 2.05) is 40.6 Å². The first-order valence-electron chi connectivity index (χ1n) is 10.1. The highest BCUT2D eigenvalue weighted by atomic mass is 16.5. The highest BCUT2D eigenvalue weighted by molar-refractivity contribution is 5.80. The standard InChI is InChI=1S/C21H31N5O2/c1-15-16(11-22-24(15)5)10-18(27)25-14-21(6-8-28-9-7-21)19(25)17-12-23-26(13-17)20(2,3)4/h11-13,19H,6-10,14H2,1-5H3. The second kappa shape index (κ2) is 6.72. The smallest absolute Gasteiger partial charge is 0.227 e. The number of aryl methyl sites for hydroxylation is 1. The van der Waals surface area contributed by atoms with Crippen LogP contribution in [0.25, 0.3) is 0 Å². The fourth-order valence-electron chi connectivity index (χ4n) is 4.54. The summed E-state index contributed by atoms with van der Waals surface area (Å²) in [6, 6.07) is 0.0805. The first-order chi connectivity index (χ1) is 13.2. The van der Waals surface area contributed by atoms with E-state index in [1.54, 1.807) is 0 Å². The second-order valence-electron chi connectivity index (χ2n) is 9.34. The number of likely N-dealkylation sites (tertiary alicyclic amines) is 1. The van der Waals surface area contributed by atoms with Crippen molar-refractivity contribution in [2.45, 2.75) is 58.5 Å². The van der Waals surface area contributed by atoms with Crippen LogP contribution in [0.5, 0.6) is 0 Å². The molecule has 2 aliphatic rings. The van der Waals surface area contributed by atoms with Gasteiger partial charge in [-0.15, -0.1) is 0 Å². The maximum atomic E-state index is 13.2. The van der Waals surface area contributed by atoms with Crippen molar-refractivity contribution in [3.8, 4) is 0 Å². The molecule has 2 fully saturated rings. The second-order valence-corrected chi connectivity index (χ2v) is 9.34. The van der Waals surface area contributed by atoms with E-state index in [0.717, 1.165) is 49.4 Å². The molecule has 0 N–H and O–H groups in total. The van der Waals surface area contributed by atoms with E-state index in [0.29, 0.717) is 6.42 Å². The minimum absolute atomic E-state index is 0.0769. The summed E-state index contributed by atoms with van der Waals surface area (Å²) in [7, 11) is 1.91. The quantitative estimate of drug-likeness (QED) is 0.815. The van der Waals surface area contributed by atoms with Crippen LogP contribution in [0, 0.1) is 12.3 Å². The van der Waals surface area contributed by atoms with Crippen molar-refractivity contribution in [3.05, 3.63) is 35.4 Å².